The summed E-state index contributed by atoms with van der Waals surface area (Å²) in [7, 11) is 4.00. The van der Waals surface area contributed by atoms with E-state index in [0.717, 1.165) is 51.8 Å². The molecule has 10 heteroatoms. The van der Waals surface area contributed by atoms with Crippen molar-refractivity contribution in [3.05, 3.63) is 101 Å². The third-order valence-corrected chi connectivity index (χ3v) is 10.8. The Hall–Kier alpha value is -5.06. The molecule has 3 heterocycles. The van der Waals surface area contributed by atoms with Gasteiger partial charge in [0.05, 0.1) is 11.4 Å². The van der Waals surface area contributed by atoms with Crippen molar-refractivity contribution in [2.24, 2.45) is 7.05 Å². The van der Waals surface area contributed by atoms with Crippen LogP contribution >= 0.6 is 11.3 Å². The van der Waals surface area contributed by atoms with Gasteiger partial charge in [-0.2, -0.15) is 0 Å². The lowest BCUT2D eigenvalue weighted by molar-refractivity contribution is -0.131. The first-order valence-electron chi connectivity index (χ1n) is 16.7. The molecule has 2 aromatic heterocycles. The van der Waals surface area contributed by atoms with Gasteiger partial charge in [0.25, 0.3) is 11.8 Å². The molecule has 1 aliphatic heterocycles. The van der Waals surface area contributed by atoms with Gasteiger partial charge in [0, 0.05) is 59.3 Å². The molecule has 2 amide bonds. The molecule has 0 unspecified atom stereocenters. The molecule has 250 valence electrons. The van der Waals surface area contributed by atoms with Crippen LogP contribution in [-0.2, 0) is 16.6 Å². The molecule has 0 bridgehead atoms. The van der Waals surface area contributed by atoms with E-state index in [-0.39, 0.29) is 11.8 Å². The Kier molecular flexibility index (Phi) is 8.92. The first-order chi connectivity index (χ1) is 23.7. The third-order valence-electron chi connectivity index (χ3n) is 9.87. The summed E-state index contributed by atoms with van der Waals surface area (Å²) in [5.74, 6) is -1.18. The molecule has 3 N–H and O–H groups in total. The molecule has 1 saturated carbocycles. The zero-order valence-corrected chi connectivity index (χ0v) is 28.4. The van der Waals surface area contributed by atoms with E-state index in [4.69, 9.17) is 10.1 Å². The second-order valence-electron chi connectivity index (χ2n) is 13.2. The van der Waals surface area contributed by atoms with Gasteiger partial charge in [-0.3, -0.25) is 9.59 Å². The number of carbonyl (C=O) groups excluding carboxylic acids is 2. The molecule has 7 rings (SSSR count). The third kappa shape index (κ3) is 6.54. The van der Waals surface area contributed by atoms with Crippen LogP contribution in [0.15, 0.2) is 84.3 Å². The minimum absolute atomic E-state index is 0.289. The molecule has 5 aromatic rings. The highest BCUT2D eigenvalue weighted by molar-refractivity contribution is 7.13. The van der Waals surface area contributed by atoms with Gasteiger partial charge in [0.15, 0.2) is 0 Å². The van der Waals surface area contributed by atoms with Crippen LogP contribution < -0.4 is 10.6 Å². The van der Waals surface area contributed by atoms with E-state index in [0.29, 0.717) is 42.2 Å². The number of carbonyl (C=O) groups is 3. The number of carboxylic acids is 1. The lowest BCUT2D eigenvalue weighted by Gasteiger charge is -2.29. The summed E-state index contributed by atoms with van der Waals surface area (Å²) in [5.41, 5.74) is 6.08. The van der Waals surface area contributed by atoms with Crippen molar-refractivity contribution in [1.29, 1.82) is 0 Å². The van der Waals surface area contributed by atoms with Crippen LogP contribution in [-0.4, -0.2) is 63.0 Å². The molecule has 3 aromatic carbocycles. The van der Waals surface area contributed by atoms with Crippen LogP contribution in [0.4, 0.5) is 5.69 Å². The maximum atomic E-state index is 14.0. The fourth-order valence-electron chi connectivity index (χ4n) is 7.37. The smallest absolute Gasteiger partial charge is 0.328 e. The number of nitrogens with one attached hydrogen (secondary N) is 2. The van der Waals surface area contributed by atoms with E-state index in [1.807, 2.05) is 42.3 Å². The predicted molar refractivity (Wildman–Crippen MR) is 195 cm³/mol. The van der Waals surface area contributed by atoms with Crippen LogP contribution in [0.1, 0.15) is 59.5 Å². The van der Waals surface area contributed by atoms with E-state index < -0.39 is 11.5 Å². The molecule has 1 atom stereocenters. The highest BCUT2D eigenvalue weighted by Gasteiger charge is 2.45. The lowest BCUT2D eigenvalue weighted by Crippen LogP contribution is -2.58. The summed E-state index contributed by atoms with van der Waals surface area (Å²) in [6.45, 7) is 1.04. The van der Waals surface area contributed by atoms with E-state index in [2.05, 4.69) is 45.8 Å². The number of nitrogens with zero attached hydrogens (tertiary/aromatic N) is 3. The largest absolute Gasteiger partial charge is 0.478 e. The highest BCUT2D eigenvalue weighted by Crippen LogP contribution is 2.45. The number of likely N-dealkylation sites (tertiary alicyclic amines) is 1. The Morgan fingerprint density at radius 1 is 1.00 bits per heavy atom. The number of rotatable bonds is 9. The van der Waals surface area contributed by atoms with Gasteiger partial charge in [-0.1, -0.05) is 61.4 Å². The minimum atomic E-state index is -1.12. The molecular weight excluding hydrogens is 635 g/mol. The Morgan fingerprint density at radius 3 is 2.45 bits per heavy atom. The normalized spacial score (nSPS) is 18.4. The number of aliphatic carboxylic acids is 1. The van der Waals surface area contributed by atoms with E-state index >= 15 is 0 Å². The quantitative estimate of drug-likeness (QED) is 0.143. The number of fused-ring (bicyclic) bond motifs is 1. The van der Waals surface area contributed by atoms with Crippen molar-refractivity contribution in [2.75, 3.05) is 25.5 Å². The molecule has 1 aliphatic carbocycles. The molecule has 0 radical (unpaired) electrons. The summed E-state index contributed by atoms with van der Waals surface area (Å²) in [4.78, 5) is 45.8. The highest BCUT2D eigenvalue weighted by atomic mass is 32.1. The Bertz CT molecular complexity index is 2060. The molecule has 2 fully saturated rings. The molecular formula is C39H39N5O4S. The van der Waals surface area contributed by atoms with Gasteiger partial charge in [0.2, 0.25) is 0 Å². The van der Waals surface area contributed by atoms with Crippen LogP contribution in [0.5, 0.6) is 0 Å². The van der Waals surface area contributed by atoms with Gasteiger partial charge in [-0.15, -0.1) is 11.3 Å². The average Bonchev–Trinajstić information content (AvgIpc) is 3.92. The minimum Gasteiger partial charge on any atom is -0.478 e. The molecule has 0 spiro atoms. The average molecular weight is 674 g/mol. The van der Waals surface area contributed by atoms with E-state index in [9.17, 15) is 14.4 Å². The predicted octanol–water partition coefficient (Wildman–Crippen LogP) is 7.17. The van der Waals surface area contributed by atoms with Crippen LogP contribution in [0.2, 0.25) is 0 Å². The first kappa shape index (κ1) is 32.5. The van der Waals surface area contributed by atoms with Crippen molar-refractivity contribution in [3.8, 4) is 22.0 Å². The summed E-state index contributed by atoms with van der Waals surface area (Å²) < 4.78 is 2.19. The fourth-order valence-corrected chi connectivity index (χ4v) is 8.18. The first-order valence-corrected chi connectivity index (χ1v) is 17.6. The van der Waals surface area contributed by atoms with E-state index in [1.54, 1.807) is 35.6 Å². The number of carboxylic acid groups (broad SMARTS) is 1. The second-order valence-corrected chi connectivity index (χ2v) is 14.1. The maximum Gasteiger partial charge on any atom is 0.328 e. The lowest BCUT2D eigenvalue weighted by atomic mass is 9.93. The zero-order valence-electron chi connectivity index (χ0n) is 27.6. The van der Waals surface area contributed by atoms with Gasteiger partial charge in [-0.05, 0) is 73.7 Å². The van der Waals surface area contributed by atoms with Gasteiger partial charge < -0.3 is 25.2 Å². The molecule has 2 aliphatic rings. The number of aryl methyl sites for hydroxylation is 1. The standard InChI is InChI=1S/C39H39N5O4S/c1-43-21-20-39(24-43,38(48)40-29-16-12-25(13-17-29)14-19-33(45)46)42-36(47)28-15-18-30-32(22-28)44(2)35(34(30)26-8-6-7-9-26)31-23-49-37(41-31)27-10-4-3-5-11-27/h3-5,10-19,22-23,26H,6-9,20-21,24H2,1-2H3,(H,40,48)(H,42,47)(H,45,46)/b19-14+/t39-/m0/s1. The number of thiazole rings is 1. The van der Waals surface area contributed by atoms with Gasteiger partial charge >= 0.3 is 5.97 Å². The summed E-state index contributed by atoms with van der Waals surface area (Å²) in [6.07, 6.45) is 7.71. The van der Waals surface area contributed by atoms with Crippen LogP contribution in [0.25, 0.3) is 38.9 Å². The number of aromatic nitrogens is 2. The Morgan fingerprint density at radius 2 is 1.76 bits per heavy atom. The van der Waals surface area contributed by atoms with Crippen molar-refractivity contribution >= 4 is 51.8 Å². The van der Waals surface area contributed by atoms with E-state index in [1.165, 1.54) is 24.5 Å². The molecule has 9 nitrogen and oxygen atoms in total. The molecule has 1 saturated heterocycles. The molecule has 49 heavy (non-hydrogen) atoms. The van der Waals surface area contributed by atoms with Crippen LogP contribution in [0, 0.1) is 0 Å². The number of hydrogen-bond donors (Lipinski definition) is 3. The SMILES string of the molecule is CN1CC[C@@](NC(=O)c2ccc3c(C4CCCC4)c(-c4csc(-c5ccccc5)n4)n(C)c3c2)(C(=O)Nc2ccc(/C=C/C(=O)O)cc2)C1. The monoisotopic (exact) mass is 673 g/mol. The zero-order chi connectivity index (χ0) is 34.1. The van der Waals surface area contributed by atoms with Crippen molar-refractivity contribution in [2.45, 2.75) is 43.6 Å². The fraction of sp³-hybridized carbons (Fsp3) is 0.282. The van der Waals surface area contributed by atoms with Crippen LogP contribution in [0.3, 0.4) is 0 Å². The number of anilines is 1. The van der Waals surface area contributed by atoms with Crippen molar-refractivity contribution < 1.29 is 19.5 Å². The number of hydrogen-bond acceptors (Lipinski definition) is 6. The Labute approximate surface area is 289 Å². The van der Waals surface area contributed by atoms with Gasteiger partial charge in [0.1, 0.15) is 10.5 Å². The maximum absolute atomic E-state index is 14.0. The van der Waals surface area contributed by atoms with Gasteiger partial charge in [-0.25, -0.2) is 9.78 Å². The topological polar surface area (TPSA) is 117 Å². The Balaban J connectivity index is 1.18. The number of benzene rings is 3. The van der Waals surface area contributed by atoms with Crippen molar-refractivity contribution in [1.82, 2.24) is 19.8 Å². The van der Waals surface area contributed by atoms with Crippen molar-refractivity contribution in [3.63, 3.8) is 0 Å². The second kappa shape index (κ2) is 13.4. The summed E-state index contributed by atoms with van der Waals surface area (Å²) in [5, 5.41) is 19.3. The summed E-state index contributed by atoms with van der Waals surface area (Å²) in [6, 6.07) is 23.1. The summed E-state index contributed by atoms with van der Waals surface area (Å²) >= 11 is 1.64. The number of likely N-dealkylation sites (N-methyl/N-ethyl adjacent to an activating group) is 1. The number of amides is 2.